The SMILES string of the molecule is COC1C(O)[C@H](n2ccc(=O)n(C)c2=O)O[C@@H]1COC(C)C. The van der Waals surface area contributed by atoms with Crippen molar-refractivity contribution < 1.29 is 19.3 Å². The molecule has 4 atom stereocenters. The molecule has 0 bridgehead atoms. The number of methoxy groups -OCH3 is 1. The summed E-state index contributed by atoms with van der Waals surface area (Å²) < 4.78 is 18.7. The molecular weight excluding hydrogens is 292 g/mol. The Morgan fingerprint density at radius 3 is 2.68 bits per heavy atom. The Bertz CT molecular complexity index is 622. The van der Waals surface area contributed by atoms with E-state index in [0.29, 0.717) is 0 Å². The summed E-state index contributed by atoms with van der Waals surface area (Å²) in [6.45, 7) is 4.02. The van der Waals surface area contributed by atoms with Crippen LogP contribution >= 0.6 is 0 Å². The minimum Gasteiger partial charge on any atom is -0.386 e. The number of rotatable bonds is 5. The van der Waals surface area contributed by atoms with E-state index in [4.69, 9.17) is 14.2 Å². The predicted octanol–water partition coefficient (Wildman–Crippen LogP) is -0.755. The first-order valence-electron chi connectivity index (χ1n) is 7.13. The van der Waals surface area contributed by atoms with E-state index < -0.39 is 35.8 Å². The van der Waals surface area contributed by atoms with Crippen LogP contribution in [0.25, 0.3) is 0 Å². The highest BCUT2D eigenvalue weighted by Crippen LogP contribution is 2.30. The number of aromatic nitrogens is 2. The standard InChI is InChI=1S/C14H22N2O6/c1-8(2)21-7-9-12(20-4)11(18)13(22-9)16-6-5-10(17)15(3)14(16)19/h5-6,8-9,11-13,18H,7H2,1-4H3/t9-,11?,12?,13-/m1/s1. The van der Waals surface area contributed by atoms with Gasteiger partial charge in [0.05, 0.1) is 12.7 Å². The molecule has 1 aliphatic rings. The third-order valence-electron chi connectivity index (χ3n) is 3.67. The van der Waals surface area contributed by atoms with E-state index >= 15 is 0 Å². The molecule has 8 heteroatoms. The topological polar surface area (TPSA) is 91.9 Å². The van der Waals surface area contributed by atoms with Crippen molar-refractivity contribution in [2.75, 3.05) is 13.7 Å². The molecule has 1 aliphatic heterocycles. The van der Waals surface area contributed by atoms with E-state index in [1.165, 1.54) is 31.0 Å². The predicted molar refractivity (Wildman–Crippen MR) is 77.7 cm³/mol. The molecule has 0 radical (unpaired) electrons. The summed E-state index contributed by atoms with van der Waals surface area (Å²) in [5.74, 6) is 0. The molecule has 1 N–H and O–H groups in total. The van der Waals surface area contributed by atoms with E-state index in [2.05, 4.69) is 0 Å². The van der Waals surface area contributed by atoms with Crippen LogP contribution in [0.3, 0.4) is 0 Å². The molecule has 2 rings (SSSR count). The van der Waals surface area contributed by atoms with E-state index in [9.17, 15) is 14.7 Å². The van der Waals surface area contributed by atoms with Gasteiger partial charge in [0.2, 0.25) is 0 Å². The number of aliphatic hydroxyl groups is 1. The highest BCUT2D eigenvalue weighted by Gasteiger charge is 2.45. The summed E-state index contributed by atoms with van der Waals surface area (Å²) in [7, 11) is 2.83. The molecule has 2 heterocycles. The van der Waals surface area contributed by atoms with Gasteiger partial charge in [-0.1, -0.05) is 0 Å². The van der Waals surface area contributed by atoms with Gasteiger partial charge < -0.3 is 19.3 Å². The highest BCUT2D eigenvalue weighted by atomic mass is 16.6. The van der Waals surface area contributed by atoms with E-state index in [1.807, 2.05) is 13.8 Å². The lowest BCUT2D eigenvalue weighted by atomic mass is 10.1. The Hall–Kier alpha value is -1.48. The molecule has 8 nitrogen and oxygen atoms in total. The van der Waals surface area contributed by atoms with Crippen LogP contribution < -0.4 is 11.2 Å². The summed E-state index contributed by atoms with van der Waals surface area (Å²) in [6, 6.07) is 1.25. The van der Waals surface area contributed by atoms with Crippen LogP contribution in [-0.2, 0) is 21.3 Å². The third-order valence-corrected chi connectivity index (χ3v) is 3.67. The van der Waals surface area contributed by atoms with Crippen molar-refractivity contribution in [1.29, 1.82) is 0 Å². The van der Waals surface area contributed by atoms with Gasteiger partial charge in [0.1, 0.15) is 18.3 Å². The van der Waals surface area contributed by atoms with Crippen LogP contribution in [0.5, 0.6) is 0 Å². The molecule has 0 saturated carbocycles. The van der Waals surface area contributed by atoms with E-state index in [1.54, 1.807) is 0 Å². The maximum absolute atomic E-state index is 12.2. The Kier molecular flexibility index (Phi) is 5.17. The zero-order valence-electron chi connectivity index (χ0n) is 13.1. The van der Waals surface area contributed by atoms with Gasteiger partial charge in [0.15, 0.2) is 6.23 Å². The highest BCUT2D eigenvalue weighted by molar-refractivity contribution is 4.94. The van der Waals surface area contributed by atoms with Crippen LogP contribution in [0.15, 0.2) is 21.9 Å². The van der Waals surface area contributed by atoms with E-state index in [-0.39, 0.29) is 12.7 Å². The average molecular weight is 314 g/mol. The average Bonchev–Trinajstić information content (AvgIpc) is 2.79. The molecule has 1 aromatic heterocycles. The van der Waals surface area contributed by atoms with Gasteiger partial charge >= 0.3 is 5.69 Å². The Balaban J connectivity index is 2.27. The maximum Gasteiger partial charge on any atom is 0.332 e. The summed E-state index contributed by atoms with van der Waals surface area (Å²) in [6.07, 6.45) is -1.76. The van der Waals surface area contributed by atoms with Crippen molar-refractivity contribution in [2.24, 2.45) is 7.05 Å². The van der Waals surface area contributed by atoms with Gasteiger partial charge in [0.25, 0.3) is 5.56 Å². The zero-order chi connectivity index (χ0) is 16.4. The van der Waals surface area contributed by atoms with Crippen molar-refractivity contribution in [2.45, 2.75) is 44.5 Å². The second kappa shape index (κ2) is 6.74. The maximum atomic E-state index is 12.2. The molecular formula is C14H22N2O6. The first kappa shape index (κ1) is 16.9. The Labute approximate surface area is 127 Å². The first-order valence-corrected chi connectivity index (χ1v) is 7.13. The van der Waals surface area contributed by atoms with E-state index in [0.717, 1.165) is 4.57 Å². The molecule has 1 fully saturated rings. The number of hydrogen-bond acceptors (Lipinski definition) is 6. The fourth-order valence-electron chi connectivity index (χ4n) is 2.44. The summed E-state index contributed by atoms with van der Waals surface area (Å²) in [5, 5.41) is 10.4. The summed E-state index contributed by atoms with van der Waals surface area (Å²) in [5.41, 5.74) is -0.978. The molecule has 0 amide bonds. The summed E-state index contributed by atoms with van der Waals surface area (Å²) in [4.78, 5) is 23.6. The normalized spacial score (nSPS) is 28.5. The molecule has 1 aromatic rings. The van der Waals surface area contributed by atoms with Crippen molar-refractivity contribution in [3.8, 4) is 0 Å². The molecule has 0 aromatic carbocycles. The van der Waals surface area contributed by atoms with Crippen LogP contribution in [0, 0.1) is 0 Å². The quantitative estimate of drug-likeness (QED) is 0.768. The van der Waals surface area contributed by atoms with Crippen molar-refractivity contribution >= 4 is 0 Å². The van der Waals surface area contributed by atoms with Crippen LogP contribution in [0.4, 0.5) is 0 Å². The zero-order valence-corrected chi connectivity index (χ0v) is 13.1. The third kappa shape index (κ3) is 3.14. The second-order valence-electron chi connectivity index (χ2n) is 5.54. The van der Waals surface area contributed by atoms with Gasteiger partial charge in [-0.3, -0.25) is 13.9 Å². The fraction of sp³-hybridized carbons (Fsp3) is 0.714. The molecule has 1 saturated heterocycles. The van der Waals surface area contributed by atoms with Crippen molar-refractivity contribution in [3.05, 3.63) is 33.1 Å². The van der Waals surface area contributed by atoms with Gasteiger partial charge in [-0.15, -0.1) is 0 Å². The number of nitrogens with zero attached hydrogens (tertiary/aromatic N) is 2. The van der Waals surface area contributed by atoms with Crippen LogP contribution in [0.1, 0.15) is 20.1 Å². The molecule has 2 unspecified atom stereocenters. The Morgan fingerprint density at radius 2 is 2.09 bits per heavy atom. The lowest BCUT2D eigenvalue weighted by Crippen LogP contribution is -2.42. The minimum absolute atomic E-state index is 0.0116. The molecule has 0 aliphatic carbocycles. The Morgan fingerprint density at radius 1 is 1.41 bits per heavy atom. The van der Waals surface area contributed by atoms with Crippen molar-refractivity contribution in [3.63, 3.8) is 0 Å². The van der Waals surface area contributed by atoms with Crippen LogP contribution in [0.2, 0.25) is 0 Å². The lowest BCUT2D eigenvalue weighted by Gasteiger charge is -2.19. The number of hydrogen-bond donors (Lipinski definition) is 1. The molecule has 0 spiro atoms. The largest absolute Gasteiger partial charge is 0.386 e. The molecule has 124 valence electrons. The van der Waals surface area contributed by atoms with Crippen molar-refractivity contribution in [1.82, 2.24) is 9.13 Å². The fourth-order valence-corrected chi connectivity index (χ4v) is 2.44. The monoisotopic (exact) mass is 314 g/mol. The lowest BCUT2D eigenvalue weighted by molar-refractivity contribution is -0.0817. The van der Waals surface area contributed by atoms with Gasteiger partial charge in [-0.05, 0) is 13.8 Å². The van der Waals surface area contributed by atoms with Gasteiger partial charge in [0, 0.05) is 26.4 Å². The number of ether oxygens (including phenoxy) is 3. The van der Waals surface area contributed by atoms with Crippen LogP contribution in [-0.4, -0.2) is 52.4 Å². The van der Waals surface area contributed by atoms with Gasteiger partial charge in [-0.25, -0.2) is 4.79 Å². The second-order valence-corrected chi connectivity index (χ2v) is 5.54. The molecule has 22 heavy (non-hydrogen) atoms. The first-order chi connectivity index (χ1) is 10.4. The minimum atomic E-state index is -1.04. The van der Waals surface area contributed by atoms with Gasteiger partial charge in [-0.2, -0.15) is 0 Å². The smallest absolute Gasteiger partial charge is 0.332 e. The number of aliphatic hydroxyl groups excluding tert-OH is 1. The summed E-state index contributed by atoms with van der Waals surface area (Å²) >= 11 is 0.